The maximum atomic E-state index is 9.53. The van der Waals surface area contributed by atoms with E-state index in [1.54, 1.807) is 0 Å². The molecule has 1 aliphatic rings. The largest absolute Gasteiger partial charge is 0.306 e. The SMILES string of the molecule is CCC(C#N)(CCCN(C)CC1CCCCC1)NC(C)C. The molecule has 0 aromatic carbocycles. The highest BCUT2D eigenvalue weighted by atomic mass is 15.1. The summed E-state index contributed by atoms with van der Waals surface area (Å²) in [5, 5.41) is 13.0. The number of nitrogens with one attached hydrogen (secondary N) is 1. The Morgan fingerprint density at radius 2 is 1.95 bits per heavy atom. The summed E-state index contributed by atoms with van der Waals surface area (Å²) in [6, 6.07) is 2.89. The fourth-order valence-corrected chi connectivity index (χ4v) is 3.62. The summed E-state index contributed by atoms with van der Waals surface area (Å²) >= 11 is 0. The van der Waals surface area contributed by atoms with Crippen LogP contribution >= 0.6 is 0 Å². The monoisotopic (exact) mass is 293 g/mol. The molecule has 1 atom stereocenters. The Morgan fingerprint density at radius 1 is 1.29 bits per heavy atom. The van der Waals surface area contributed by atoms with E-state index in [-0.39, 0.29) is 5.54 Å². The Hall–Kier alpha value is -0.590. The smallest absolute Gasteiger partial charge is 0.106 e. The Bertz CT molecular complexity index is 315. The quantitative estimate of drug-likeness (QED) is 0.699. The Labute approximate surface area is 132 Å². The maximum absolute atomic E-state index is 9.53. The molecule has 1 unspecified atom stereocenters. The third-order valence-corrected chi connectivity index (χ3v) is 4.82. The molecule has 3 heteroatoms. The molecule has 1 fully saturated rings. The molecule has 122 valence electrons. The van der Waals surface area contributed by atoms with E-state index in [0.29, 0.717) is 6.04 Å². The van der Waals surface area contributed by atoms with Crippen LogP contribution in [0.1, 0.15) is 72.1 Å². The van der Waals surface area contributed by atoms with E-state index in [1.807, 2.05) is 0 Å². The van der Waals surface area contributed by atoms with Crippen LogP contribution in [0.2, 0.25) is 0 Å². The summed E-state index contributed by atoms with van der Waals surface area (Å²) < 4.78 is 0. The van der Waals surface area contributed by atoms with Gasteiger partial charge in [0.05, 0.1) is 6.07 Å². The Kier molecular flexibility index (Phi) is 8.29. The molecule has 0 bridgehead atoms. The van der Waals surface area contributed by atoms with Crippen LogP contribution in [0.3, 0.4) is 0 Å². The molecular weight excluding hydrogens is 258 g/mol. The van der Waals surface area contributed by atoms with Crippen LogP contribution in [-0.2, 0) is 0 Å². The van der Waals surface area contributed by atoms with Gasteiger partial charge in [0.1, 0.15) is 5.54 Å². The summed E-state index contributed by atoms with van der Waals surface area (Å²) in [4.78, 5) is 2.48. The Morgan fingerprint density at radius 3 is 2.48 bits per heavy atom. The molecule has 0 saturated heterocycles. The van der Waals surface area contributed by atoms with Gasteiger partial charge in [-0.15, -0.1) is 0 Å². The fraction of sp³-hybridized carbons (Fsp3) is 0.944. The minimum atomic E-state index is -0.333. The first-order valence-electron chi connectivity index (χ1n) is 8.89. The van der Waals surface area contributed by atoms with Crippen LogP contribution in [0.25, 0.3) is 0 Å². The number of hydrogen-bond acceptors (Lipinski definition) is 3. The van der Waals surface area contributed by atoms with E-state index in [4.69, 9.17) is 0 Å². The van der Waals surface area contributed by atoms with Gasteiger partial charge in [-0.2, -0.15) is 5.26 Å². The van der Waals surface area contributed by atoms with Gasteiger partial charge in [0.15, 0.2) is 0 Å². The van der Waals surface area contributed by atoms with E-state index >= 15 is 0 Å². The van der Waals surface area contributed by atoms with E-state index in [1.165, 1.54) is 38.6 Å². The summed E-state index contributed by atoms with van der Waals surface area (Å²) in [6.45, 7) is 8.71. The second-order valence-electron chi connectivity index (χ2n) is 7.22. The lowest BCUT2D eigenvalue weighted by molar-refractivity contribution is 0.222. The lowest BCUT2D eigenvalue weighted by atomic mass is 9.88. The molecule has 1 aliphatic carbocycles. The number of hydrogen-bond donors (Lipinski definition) is 1. The van der Waals surface area contributed by atoms with Gasteiger partial charge in [0, 0.05) is 12.6 Å². The predicted octanol–water partition coefficient (Wildman–Crippen LogP) is 3.95. The van der Waals surface area contributed by atoms with E-state index in [0.717, 1.165) is 31.7 Å². The second kappa shape index (κ2) is 9.43. The van der Waals surface area contributed by atoms with Crippen molar-refractivity contribution in [2.75, 3.05) is 20.1 Å². The zero-order valence-electron chi connectivity index (χ0n) is 14.6. The van der Waals surface area contributed by atoms with Crippen molar-refractivity contribution < 1.29 is 0 Å². The van der Waals surface area contributed by atoms with E-state index in [9.17, 15) is 5.26 Å². The van der Waals surface area contributed by atoms with Crippen LogP contribution in [0, 0.1) is 17.2 Å². The van der Waals surface area contributed by atoms with Crippen molar-refractivity contribution in [2.45, 2.75) is 83.7 Å². The average molecular weight is 293 g/mol. The first-order valence-corrected chi connectivity index (χ1v) is 8.89. The van der Waals surface area contributed by atoms with Gasteiger partial charge in [-0.1, -0.05) is 26.2 Å². The number of rotatable bonds is 9. The topological polar surface area (TPSA) is 39.1 Å². The van der Waals surface area contributed by atoms with Crippen molar-refractivity contribution in [2.24, 2.45) is 5.92 Å². The van der Waals surface area contributed by atoms with Crippen molar-refractivity contribution >= 4 is 0 Å². The van der Waals surface area contributed by atoms with Gasteiger partial charge >= 0.3 is 0 Å². The van der Waals surface area contributed by atoms with E-state index in [2.05, 4.69) is 44.1 Å². The standard InChI is InChI=1S/C18H35N3/c1-5-18(15-19,20-16(2)3)12-9-13-21(4)14-17-10-7-6-8-11-17/h16-17,20H,5-14H2,1-4H3. The highest BCUT2D eigenvalue weighted by Gasteiger charge is 2.28. The third-order valence-electron chi connectivity index (χ3n) is 4.82. The molecule has 0 aromatic rings. The molecule has 0 aromatic heterocycles. The molecule has 21 heavy (non-hydrogen) atoms. The highest BCUT2D eigenvalue weighted by Crippen LogP contribution is 2.24. The molecule has 1 N–H and O–H groups in total. The van der Waals surface area contributed by atoms with E-state index < -0.39 is 0 Å². The zero-order valence-corrected chi connectivity index (χ0v) is 14.6. The summed E-state index contributed by atoms with van der Waals surface area (Å²) in [5.41, 5.74) is -0.333. The molecule has 3 nitrogen and oxygen atoms in total. The molecule has 0 amide bonds. The van der Waals surface area contributed by atoms with Gasteiger partial charge in [0.2, 0.25) is 0 Å². The molecule has 1 rings (SSSR count). The minimum Gasteiger partial charge on any atom is -0.306 e. The normalized spacial score (nSPS) is 19.7. The Balaban J connectivity index is 2.30. The van der Waals surface area contributed by atoms with Gasteiger partial charge in [-0.05, 0) is 65.5 Å². The predicted molar refractivity (Wildman–Crippen MR) is 90.2 cm³/mol. The van der Waals surface area contributed by atoms with Crippen molar-refractivity contribution in [3.05, 3.63) is 0 Å². The van der Waals surface area contributed by atoms with Crippen molar-refractivity contribution in [3.63, 3.8) is 0 Å². The molecular formula is C18H35N3. The maximum Gasteiger partial charge on any atom is 0.106 e. The van der Waals surface area contributed by atoms with Crippen LogP contribution in [0.5, 0.6) is 0 Å². The van der Waals surface area contributed by atoms with Crippen LogP contribution in [0.15, 0.2) is 0 Å². The number of nitriles is 1. The second-order valence-corrected chi connectivity index (χ2v) is 7.22. The van der Waals surface area contributed by atoms with Crippen LogP contribution in [0.4, 0.5) is 0 Å². The lowest BCUT2D eigenvalue weighted by Gasteiger charge is -2.31. The lowest BCUT2D eigenvalue weighted by Crippen LogP contribution is -2.47. The number of nitrogens with zero attached hydrogens (tertiary/aromatic N) is 2. The van der Waals surface area contributed by atoms with Crippen molar-refractivity contribution in [1.29, 1.82) is 5.26 Å². The van der Waals surface area contributed by atoms with Crippen LogP contribution < -0.4 is 5.32 Å². The van der Waals surface area contributed by atoms with Crippen molar-refractivity contribution in [3.8, 4) is 6.07 Å². The molecule has 0 radical (unpaired) electrons. The first kappa shape index (κ1) is 18.5. The summed E-state index contributed by atoms with van der Waals surface area (Å²) in [7, 11) is 2.24. The fourth-order valence-electron chi connectivity index (χ4n) is 3.62. The average Bonchev–Trinajstić information content (AvgIpc) is 2.46. The van der Waals surface area contributed by atoms with Gasteiger partial charge in [-0.25, -0.2) is 0 Å². The molecule has 0 aliphatic heterocycles. The molecule has 1 saturated carbocycles. The highest BCUT2D eigenvalue weighted by molar-refractivity contribution is 5.06. The zero-order chi connectivity index (χ0) is 15.7. The molecule has 0 heterocycles. The van der Waals surface area contributed by atoms with Crippen LogP contribution in [-0.4, -0.2) is 36.6 Å². The van der Waals surface area contributed by atoms with Crippen molar-refractivity contribution in [1.82, 2.24) is 10.2 Å². The minimum absolute atomic E-state index is 0.333. The molecule has 0 spiro atoms. The van der Waals surface area contributed by atoms with Gasteiger partial charge in [0.25, 0.3) is 0 Å². The summed E-state index contributed by atoms with van der Waals surface area (Å²) in [5.74, 6) is 0.907. The first-order chi connectivity index (χ1) is 10.0. The summed E-state index contributed by atoms with van der Waals surface area (Å²) in [6.07, 6.45) is 10.0. The third kappa shape index (κ3) is 6.80. The van der Waals surface area contributed by atoms with Gasteiger partial charge in [-0.3, -0.25) is 5.32 Å². The van der Waals surface area contributed by atoms with Gasteiger partial charge < -0.3 is 4.90 Å².